The van der Waals surface area contributed by atoms with Crippen molar-refractivity contribution in [3.63, 3.8) is 0 Å². The average molecular weight is 703 g/mol. The second kappa shape index (κ2) is 22.2. The number of hydrogen-bond acceptors (Lipinski definition) is 0. The summed E-state index contributed by atoms with van der Waals surface area (Å²) in [6, 6.07) is 0. The van der Waals surface area contributed by atoms with Crippen LogP contribution in [0.2, 0.25) is 0 Å². The molecule has 0 aromatic heterocycles. The normalized spacial score (nSPS) is 10.4. The zero-order valence-electron chi connectivity index (χ0n) is 43.5. The van der Waals surface area contributed by atoms with Crippen LogP contribution >= 0.6 is 0 Å². The highest BCUT2D eigenvalue weighted by Crippen LogP contribution is 2.24. The summed E-state index contributed by atoms with van der Waals surface area (Å²) in [7, 11) is 63.0. The maximum absolute atomic E-state index is 2.62. The van der Waals surface area contributed by atoms with Crippen molar-refractivity contribution in [3.05, 3.63) is 11.1 Å². The summed E-state index contributed by atoms with van der Waals surface area (Å²) >= 11 is 0. The Hall–Kier alpha value is 0.907. The van der Waals surface area contributed by atoms with Crippen LogP contribution in [0.3, 0.4) is 0 Å². The van der Waals surface area contributed by atoms with Crippen molar-refractivity contribution in [1.29, 1.82) is 0 Å². The molecule has 246 valence electrons. The van der Waals surface area contributed by atoms with Gasteiger partial charge in [0.2, 0.25) is 0 Å². The van der Waals surface area contributed by atoms with Gasteiger partial charge in [-0.15, -0.1) is 10.9 Å². The molecule has 0 saturated carbocycles. The van der Waals surface area contributed by atoms with Gasteiger partial charge in [-0.25, -0.2) is 0 Å². The lowest BCUT2D eigenvalue weighted by Gasteiger charge is -2.41. The molecular weight excluding hydrogens is 646 g/mol. The molecule has 0 aliphatic carbocycles. The van der Waals surface area contributed by atoms with Gasteiger partial charge in [0.25, 0.3) is 0 Å². The van der Waals surface area contributed by atoms with Gasteiger partial charge in [0, 0.05) is 71.6 Å². The summed E-state index contributed by atoms with van der Waals surface area (Å²) in [6.45, 7) is 7.87. The van der Waals surface area contributed by atoms with Crippen molar-refractivity contribution in [2.24, 2.45) is 0 Å². The topological polar surface area (TPSA) is 0 Å². The SMILES string of the molecule is BBB(B)B(B(B)B)c1c(C)c(C)c(B(B)B(B)B)c2c(B(B(B)B)B(B)B(B)B)c3c(B(B)BB)c(B(B)B)c(BB)c(B)c3c(B(B(B)B)B(BB)B(B)B)c12. The minimum absolute atomic E-state index is 0.437. The van der Waals surface area contributed by atoms with E-state index >= 15 is 0 Å². The van der Waals surface area contributed by atoms with Crippen LogP contribution in [0.1, 0.15) is 11.1 Å². The van der Waals surface area contributed by atoms with Crippen LogP contribution < -0.4 is 43.7 Å². The summed E-state index contributed by atoms with van der Waals surface area (Å²) < 4.78 is 0. The Morgan fingerprint density at radius 2 is 0.879 bits per heavy atom. The van der Waals surface area contributed by atoms with E-state index in [0.717, 1.165) is 14.2 Å². The lowest BCUT2D eigenvalue weighted by molar-refractivity contribution is 1.41. The molecule has 0 unspecified atom stereocenters. The predicted octanol–water partition coefficient (Wildman–Crippen LogP) is -31.4. The molecule has 0 saturated heterocycles. The monoisotopic (exact) mass is 711 g/mol. The Kier molecular flexibility index (Phi) is 20.4. The van der Waals surface area contributed by atoms with Crippen LogP contribution in [0.4, 0.5) is 0 Å². The van der Waals surface area contributed by atoms with Crippen LogP contribution in [0.15, 0.2) is 0 Å². The fourth-order valence-corrected chi connectivity index (χ4v) is 12.6. The van der Waals surface area contributed by atoms with Crippen LogP contribution in [0.25, 0.3) is 21.5 Å². The Balaban J connectivity index is 3.41. The van der Waals surface area contributed by atoms with Crippen molar-refractivity contribution < 1.29 is 0 Å². The van der Waals surface area contributed by atoms with E-state index in [2.05, 4.69) is 192 Å². The van der Waals surface area contributed by atoms with Gasteiger partial charge in [0.05, 0.1) is 216 Å². The van der Waals surface area contributed by atoms with Gasteiger partial charge in [-0.3, -0.25) is 0 Å². The molecule has 0 amide bonds. The highest BCUT2D eigenvalue weighted by atomic mass is 14.2. The lowest BCUT2D eigenvalue weighted by atomic mass is 8.59. The molecule has 42 heteroatoms. The zero-order valence-corrected chi connectivity index (χ0v) is 43.5. The molecule has 0 heterocycles. The van der Waals surface area contributed by atoms with E-state index in [1.54, 1.807) is 76.4 Å². The predicted molar refractivity (Wildman–Crippen MR) is 379 cm³/mol. The highest BCUT2D eigenvalue weighted by molar-refractivity contribution is 7.97. The second-order valence-electron chi connectivity index (χ2n) is 22.3. The van der Waals surface area contributed by atoms with Crippen molar-refractivity contribution >= 4 is 368 Å². The van der Waals surface area contributed by atoms with Gasteiger partial charge >= 0.3 is 0 Å². The fraction of sp³-hybridized carbons (Fsp3) is 0.125. The minimum Gasteiger partial charge on any atom is -0.111 e. The minimum atomic E-state index is 0.437. The van der Waals surface area contributed by atoms with Gasteiger partial charge in [-0.1, -0.05) is 43.9 Å². The van der Waals surface area contributed by atoms with Crippen molar-refractivity contribution in [3.8, 4) is 0 Å². The van der Waals surface area contributed by atoms with Crippen LogP contribution in [-0.4, -0.2) is 303 Å². The van der Waals surface area contributed by atoms with Crippen molar-refractivity contribution in [2.45, 2.75) is 13.8 Å². The summed E-state index contributed by atoms with van der Waals surface area (Å²) in [6.07, 6.45) is 5.02. The first kappa shape index (κ1) is 53.2. The Morgan fingerprint density at radius 3 is 1.26 bits per heavy atom. The number of hydrogen-bond donors (Lipinski definition) is 0. The van der Waals surface area contributed by atoms with Crippen LogP contribution in [-0.2, 0) is 0 Å². The van der Waals surface area contributed by atoms with Crippen LogP contribution in [0, 0.1) is 13.8 Å². The molecule has 0 bridgehead atoms. The second-order valence-corrected chi connectivity index (χ2v) is 22.3. The summed E-state index contributed by atoms with van der Waals surface area (Å²) in [5.41, 5.74) is 16.7. The van der Waals surface area contributed by atoms with Gasteiger partial charge in [-0.2, -0.15) is 0 Å². The molecular formula is C16H56B42. The van der Waals surface area contributed by atoms with Gasteiger partial charge in [0.15, 0.2) is 0 Å². The Labute approximate surface area is 390 Å². The van der Waals surface area contributed by atoms with E-state index in [0.29, 0.717) is 96.4 Å². The third-order valence-corrected chi connectivity index (χ3v) is 16.5. The molecule has 0 spiro atoms. The molecule has 0 N–H and O–H groups in total. The molecule has 3 aromatic carbocycles. The lowest BCUT2D eigenvalue weighted by Crippen LogP contribution is -2.72. The van der Waals surface area contributed by atoms with E-state index in [4.69, 9.17) is 0 Å². The van der Waals surface area contributed by atoms with E-state index < -0.39 is 0 Å². The van der Waals surface area contributed by atoms with Crippen LogP contribution in [0.5, 0.6) is 0 Å². The smallest absolute Gasteiger partial charge is 0.111 e. The van der Waals surface area contributed by atoms with Crippen molar-refractivity contribution in [2.75, 3.05) is 0 Å². The quantitative estimate of drug-likeness (QED) is 0.0862. The molecule has 0 nitrogen and oxygen atoms in total. The molecule has 3 rings (SSSR count). The average Bonchev–Trinajstić information content (AvgIpc) is 3.14. The zero-order chi connectivity index (χ0) is 44.6. The van der Waals surface area contributed by atoms with Crippen molar-refractivity contribution in [1.82, 2.24) is 0 Å². The molecule has 3 aromatic rings. The number of benzene rings is 3. The van der Waals surface area contributed by atoms with Gasteiger partial charge in [0.1, 0.15) is 15.0 Å². The summed E-state index contributed by atoms with van der Waals surface area (Å²) in [5.74, 6) is 0. The first-order chi connectivity index (χ1) is 26.9. The molecule has 0 aliphatic heterocycles. The van der Waals surface area contributed by atoms with E-state index in [1.165, 1.54) is 14.1 Å². The Morgan fingerprint density at radius 1 is 0.414 bits per heavy atom. The van der Waals surface area contributed by atoms with E-state index in [9.17, 15) is 0 Å². The number of fused-ring (bicyclic) bond motifs is 2. The maximum Gasteiger partial charge on any atom is 0.139 e. The Bertz CT molecular complexity index is 1870. The molecule has 58 heavy (non-hydrogen) atoms. The largest absolute Gasteiger partial charge is 0.139 e. The highest BCUT2D eigenvalue weighted by Gasteiger charge is 2.44. The van der Waals surface area contributed by atoms with E-state index in [-0.39, 0.29) is 0 Å². The first-order valence-corrected chi connectivity index (χ1v) is 25.0. The van der Waals surface area contributed by atoms with E-state index in [1.807, 2.05) is 0 Å². The molecule has 0 atom stereocenters. The summed E-state index contributed by atoms with van der Waals surface area (Å²) in [4.78, 5) is 0. The summed E-state index contributed by atoms with van der Waals surface area (Å²) in [5, 5.41) is 6.79. The standard InChI is InChI=1S/C16H56B42/c1-3-4(2)12(47(51(28)29)56(38)42-20)8-7(11(3)46(25)50(26)27)14(48(52(30)31)57(39)54(34)35)6-5(13(8)49(53(32)33)58(43-21)55(36)37)9(17)10(40-18)16(44(22)23)15(6)45(24)41-19/h40-43H,17-39H2,1-2H3. The number of rotatable bonds is 19. The molecule has 0 aliphatic rings. The molecule has 0 radical (unpaired) electrons. The third kappa shape index (κ3) is 10.1. The van der Waals surface area contributed by atoms with Gasteiger partial charge < -0.3 is 0 Å². The fourth-order valence-electron chi connectivity index (χ4n) is 12.6. The van der Waals surface area contributed by atoms with Gasteiger partial charge in [-0.05, 0) is 35.4 Å². The third-order valence-electron chi connectivity index (χ3n) is 16.5. The molecule has 0 fully saturated rings. The maximum atomic E-state index is 2.62. The first-order valence-electron chi connectivity index (χ1n) is 25.0.